The van der Waals surface area contributed by atoms with Crippen molar-refractivity contribution in [1.29, 1.82) is 0 Å². The molecule has 0 aliphatic heterocycles. The van der Waals surface area contributed by atoms with E-state index in [1.807, 2.05) is 0 Å². The van der Waals surface area contributed by atoms with Crippen LogP contribution in [0, 0.1) is 0 Å². The molecule has 0 aromatic heterocycles. The molecule has 0 aliphatic rings. The lowest BCUT2D eigenvalue weighted by molar-refractivity contribution is -0.0313. The van der Waals surface area contributed by atoms with E-state index >= 15 is 0 Å². The quantitative estimate of drug-likeness (QED) is 0.673. The van der Waals surface area contributed by atoms with Gasteiger partial charge in [-0.05, 0) is 39.8 Å². The standard InChI is InChI=1S/C12H28N2O/c1-6-8-14(9-7-2)12(4,10-13)11(3)15-5/h11H,6-10,13H2,1-5H3. The first-order valence-electron chi connectivity index (χ1n) is 6.04. The first-order valence-corrected chi connectivity index (χ1v) is 6.04. The van der Waals surface area contributed by atoms with E-state index in [0.29, 0.717) is 6.54 Å². The van der Waals surface area contributed by atoms with Gasteiger partial charge < -0.3 is 10.5 Å². The zero-order valence-corrected chi connectivity index (χ0v) is 11.0. The molecule has 0 radical (unpaired) electrons. The molecule has 0 amide bonds. The Morgan fingerprint density at radius 3 is 2.00 bits per heavy atom. The highest BCUT2D eigenvalue weighted by atomic mass is 16.5. The van der Waals surface area contributed by atoms with Crippen LogP contribution >= 0.6 is 0 Å². The number of hydrogen-bond donors (Lipinski definition) is 1. The van der Waals surface area contributed by atoms with Crippen LogP contribution < -0.4 is 5.73 Å². The summed E-state index contributed by atoms with van der Waals surface area (Å²) in [5.41, 5.74) is 5.88. The second-order valence-electron chi connectivity index (χ2n) is 4.43. The van der Waals surface area contributed by atoms with Crippen molar-refractivity contribution >= 4 is 0 Å². The smallest absolute Gasteiger partial charge is 0.0736 e. The summed E-state index contributed by atoms with van der Waals surface area (Å²) in [5.74, 6) is 0. The average molecular weight is 216 g/mol. The summed E-state index contributed by atoms with van der Waals surface area (Å²) in [6, 6.07) is 0. The van der Waals surface area contributed by atoms with Crippen LogP contribution in [0.15, 0.2) is 0 Å². The molecule has 15 heavy (non-hydrogen) atoms. The number of rotatable bonds is 8. The Hall–Kier alpha value is -0.120. The summed E-state index contributed by atoms with van der Waals surface area (Å²) < 4.78 is 5.46. The van der Waals surface area contributed by atoms with Gasteiger partial charge in [0.2, 0.25) is 0 Å². The van der Waals surface area contributed by atoms with Crippen LogP contribution in [0.2, 0.25) is 0 Å². The molecule has 3 heteroatoms. The minimum absolute atomic E-state index is 0.0409. The lowest BCUT2D eigenvalue weighted by Gasteiger charge is -2.44. The molecule has 0 rings (SSSR count). The molecule has 92 valence electrons. The fraction of sp³-hybridized carbons (Fsp3) is 1.00. The van der Waals surface area contributed by atoms with Gasteiger partial charge in [0, 0.05) is 13.7 Å². The highest BCUT2D eigenvalue weighted by Crippen LogP contribution is 2.21. The van der Waals surface area contributed by atoms with Crippen molar-refractivity contribution in [3.63, 3.8) is 0 Å². The fourth-order valence-corrected chi connectivity index (χ4v) is 1.97. The second-order valence-corrected chi connectivity index (χ2v) is 4.43. The summed E-state index contributed by atoms with van der Waals surface area (Å²) in [7, 11) is 1.76. The first-order chi connectivity index (χ1) is 7.06. The van der Waals surface area contributed by atoms with E-state index in [1.54, 1.807) is 7.11 Å². The van der Waals surface area contributed by atoms with Crippen molar-refractivity contribution in [1.82, 2.24) is 4.90 Å². The van der Waals surface area contributed by atoms with Gasteiger partial charge in [-0.1, -0.05) is 13.8 Å². The van der Waals surface area contributed by atoms with Crippen LogP contribution in [0.5, 0.6) is 0 Å². The molecule has 0 aliphatic carbocycles. The largest absolute Gasteiger partial charge is 0.380 e. The van der Waals surface area contributed by atoms with Crippen molar-refractivity contribution in [2.24, 2.45) is 5.73 Å². The molecule has 2 unspecified atom stereocenters. The predicted molar refractivity (Wildman–Crippen MR) is 66.1 cm³/mol. The summed E-state index contributed by atoms with van der Waals surface area (Å²) >= 11 is 0. The van der Waals surface area contributed by atoms with Gasteiger partial charge in [0.25, 0.3) is 0 Å². The molecule has 2 N–H and O–H groups in total. The van der Waals surface area contributed by atoms with Gasteiger partial charge in [-0.15, -0.1) is 0 Å². The van der Waals surface area contributed by atoms with E-state index < -0.39 is 0 Å². The molecule has 0 fully saturated rings. The van der Waals surface area contributed by atoms with Gasteiger partial charge in [0.15, 0.2) is 0 Å². The molecular weight excluding hydrogens is 188 g/mol. The maximum Gasteiger partial charge on any atom is 0.0736 e. The highest BCUT2D eigenvalue weighted by molar-refractivity contribution is 4.92. The monoisotopic (exact) mass is 216 g/mol. The van der Waals surface area contributed by atoms with Crippen LogP contribution in [0.3, 0.4) is 0 Å². The molecule has 0 aromatic rings. The number of nitrogens with two attached hydrogens (primary N) is 1. The van der Waals surface area contributed by atoms with Gasteiger partial charge in [-0.3, -0.25) is 4.90 Å². The summed E-state index contributed by atoms with van der Waals surface area (Å²) in [6.07, 6.45) is 2.48. The average Bonchev–Trinajstić information content (AvgIpc) is 2.26. The molecule has 3 nitrogen and oxygen atoms in total. The van der Waals surface area contributed by atoms with E-state index in [0.717, 1.165) is 25.9 Å². The zero-order chi connectivity index (χ0) is 11.9. The minimum Gasteiger partial charge on any atom is -0.380 e. The Labute approximate surface area is 95.0 Å². The van der Waals surface area contributed by atoms with Crippen LogP contribution in [0.4, 0.5) is 0 Å². The normalized spacial score (nSPS) is 17.8. The van der Waals surface area contributed by atoms with Gasteiger partial charge in [-0.25, -0.2) is 0 Å². The molecule has 0 saturated heterocycles. The van der Waals surface area contributed by atoms with E-state index in [4.69, 9.17) is 10.5 Å². The summed E-state index contributed by atoms with van der Waals surface area (Å²) in [4.78, 5) is 2.46. The zero-order valence-electron chi connectivity index (χ0n) is 11.0. The van der Waals surface area contributed by atoms with Gasteiger partial charge in [-0.2, -0.15) is 0 Å². The predicted octanol–water partition coefficient (Wildman–Crippen LogP) is 1.86. The van der Waals surface area contributed by atoms with Crippen molar-refractivity contribution in [3.05, 3.63) is 0 Å². The van der Waals surface area contributed by atoms with E-state index in [9.17, 15) is 0 Å². The first kappa shape index (κ1) is 14.9. The SMILES string of the molecule is CCCN(CCC)C(C)(CN)C(C)OC. The van der Waals surface area contributed by atoms with Crippen molar-refractivity contribution in [2.75, 3.05) is 26.7 Å². The Balaban J connectivity index is 4.67. The van der Waals surface area contributed by atoms with Crippen LogP contribution in [0.25, 0.3) is 0 Å². The summed E-state index contributed by atoms with van der Waals surface area (Å²) in [5, 5.41) is 0. The van der Waals surface area contributed by atoms with Gasteiger partial charge >= 0.3 is 0 Å². The molecular formula is C12H28N2O. The number of ether oxygens (including phenoxy) is 1. The fourth-order valence-electron chi connectivity index (χ4n) is 1.97. The third-order valence-electron chi connectivity index (χ3n) is 3.35. The third-order valence-corrected chi connectivity index (χ3v) is 3.35. The molecule has 0 saturated carbocycles. The third kappa shape index (κ3) is 3.74. The number of nitrogens with zero attached hydrogens (tertiary/aromatic N) is 1. The van der Waals surface area contributed by atoms with Crippen LogP contribution in [0.1, 0.15) is 40.5 Å². The topological polar surface area (TPSA) is 38.5 Å². The minimum atomic E-state index is -0.0409. The van der Waals surface area contributed by atoms with E-state index in [-0.39, 0.29) is 11.6 Å². The van der Waals surface area contributed by atoms with E-state index in [1.165, 1.54) is 0 Å². The lowest BCUT2D eigenvalue weighted by Crippen LogP contribution is -2.59. The van der Waals surface area contributed by atoms with Crippen molar-refractivity contribution in [3.8, 4) is 0 Å². The van der Waals surface area contributed by atoms with E-state index in [2.05, 4.69) is 32.6 Å². The summed E-state index contributed by atoms with van der Waals surface area (Å²) in [6.45, 7) is 11.5. The Morgan fingerprint density at radius 1 is 1.27 bits per heavy atom. The Morgan fingerprint density at radius 2 is 1.73 bits per heavy atom. The molecule has 0 bridgehead atoms. The second kappa shape index (κ2) is 7.20. The molecule has 0 heterocycles. The molecule has 0 spiro atoms. The van der Waals surface area contributed by atoms with Crippen molar-refractivity contribution in [2.45, 2.75) is 52.2 Å². The van der Waals surface area contributed by atoms with Gasteiger partial charge in [0.1, 0.15) is 0 Å². The van der Waals surface area contributed by atoms with Crippen LogP contribution in [-0.4, -0.2) is 43.3 Å². The lowest BCUT2D eigenvalue weighted by atomic mass is 9.92. The van der Waals surface area contributed by atoms with Gasteiger partial charge in [0.05, 0.1) is 11.6 Å². The molecule has 0 aromatic carbocycles. The highest BCUT2D eigenvalue weighted by Gasteiger charge is 2.35. The molecule has 2 atom stereocenters. The number of methoxy groups -OCH3 is 1. The maximum atomic E-state index is 5.92. The Kier molecular flexibility index (Phi) is 7.14. The maximum absolute atomic E-state index is 5.92. The van der Waals surface area contributed by atoms with Crippen LogP contribution in [-0.2, 0) is 4.74 Å². The Bertz CT molecular complexity index is 158. The number of hydrogen-bond acceptors (Lipinski definition) is 3. The van der Waals surface area contributed by atoms with Crippen molar-refractivity contribution < 1.29 is 4.74 Å².